The maximum atomic E-state index is 11.3. The molecule has 0 heterocycles. The molecule has 0 atom stereocenters. The normalized spacial score (nSPS) is 11.4. The predicted molar refractivity (Wildman–Crippen MR) is 61.0 cm³/mol. The van der Waals surface area contributed by atoms with Crippen LogP contribution < -0.4 is 0 Å². The van der Waals surface area contributed by atoms with E-state index >= 15 is 0 Å². The molecule has 0 spiro atoms. The van der Waals surface area contributed by atoms with Crippen LogP contribution in [0.3, 0.4) is 0 Å². The number of aliphatic hydroxyl groups is 2. The van der Waals surface area contributed by atoms with Crippen LogP contribution in [0, 0.1) is 5.92 Å². The van der Waals surface area contributed by atoms with Crippen molar-refractivity contribution in [3.05, 3.63) is 0 Å². The van der Waals surface area contributed by atoms with Crippen LogP contribution in [0.25, 0.3) is 0 Å². The standard InChI is InChI=1S/C11H18O8/c1-2-3-11(17,18)10(16)19-6-7(4-8(12)13)5-9(14)15/h7,17-18H,2-6H2,1H3,(H,12,13)(H,14,15). The number of aliphatic carboxylic acids is 2. The highest BCUT2D eigenvalue weighted by atomic mass is 16.6. The molecule has 0 aromatic carbocycles. The summed E-state index contributed by atoms with van der Waals surface area (Å²) in [6.45, 7) is 1.14. The zero-order chi connectivity index (χ0) is 15.1. The lowest BCUT2D eigenvalue weighted by Gasteiger charge is -2.20. The second-order valence-corrected chi connectivity index (χ2v) is 4.23. The van der Waals surface area contributed by atoms with Crippen molar-refractivity contribution >= 4 is 17.9 Å². The van der Waals surface area contributed by atoms with E-state index in [9.17, 15) is 24.6 Å². The lowest BCUT2D eigenvalue weighted by molar-refractivity contribution is -0.212. The Kier molecular flexibility index (Phi) is 7.02. The number of carboxylic acids is 2. The van der Waals surface area contributed by atoms with Gasteiger partial charge in [-0.2, -0.15) is 0 Å². The van der Waals surface area contributed by atoms with Crippen LogP contribution in [-0.4, -0.2) is 50.7 Å². The van der Waals surface area contributed by atoms with E-state index in [0.29, 0.717) is 6.42 Å². The van der Waals surface area contributed by atoms with Crippen molar-refractivity contribution in [2.24, 2.45) is 5.92 Å². The Hall–Kier alpha value is -1.67. The maximum Gasteiger partial charge on any atom is 0.366 e. The number of carbonyl (C=O) groups is 3. The van der Waals surface area contributed by atoms with Crippen molar-refractivity contribution in [1.29, 1.82) is 0 Å². The minimum absolute atomic E-state index is 0.228. The molecule has 0 unspecified atom stereocenters. The Morgan fingerprint density at radius 3 is 1.95 bits per heavy atom. The summed E-state index contributed by atoms with van der Waals surface area (Å²) in [5.74, 6) is -7.32. The molecular formula is C11H18O8. The SMILES string of the molecule is CCCC(O)(O)C(=O)OCC(CC(=O)O)CC(=O)O. The van der Waals surface area contributed by atoms with E-state index in [1.807, 2.05) is 0 Å². The van der Waals surface area contributed by atoms with Crippen LogP contribution in [0.2, 0.25) is 0 Å². The minimum Gasteiger partial charge on any atom is -0.481 e. The van der Waals surface area contributed by atoms with E-state index < -0.39 is 49.1 Å². The average Bonchev–Trinajstić information content (AvgIpc) is 2.23. The molecule has 0 radical (unpaired) electrons. The first-order chi connectivity index (χ1) is 8.69. The van der Waals surface area contributed by atoms with Gasteiger partial charge in [0.05, 0.1) is 19.4 Å². The Labute approximate surface area is 109 Å². The van der Waals surface area contributed by atoms with Crippen molar-refractivity contribution < 1.29 is 39.5 Å². The molecular weight excluding hydrogens is 260 g/mol. The molecule has 8 heteroatoms. The van der Waals surface area contributed by atoms with Crippen LogP contribution in [0.15, 0.2) is 0 Å². The number of hydrogen-bond acceptors (Lipinski definition) is 6. The van der Waals surface area contributed by atoms with Gasteiger partial charge < -0.3 is 25.2 Å². The molecule has 0 fully saturated rings. The summed E-state index contributed by atoms with van der Waals surface area (Å²) in [6.07, 6.45) is -0.876. The molecule has 0 aromatic rings. The van der Waals surface area contributed by atoms with Gasteiger partial charge in [0, 0.05) is 12.3 Å². The summed E-state index contributed by atoms with van der Waals surface area (Å²) in [6, 6.07) is 0. The van der Waals surface area contributed by atoms with E-state index in [0.717, 1.165) is 0 Å². The molecule has 0 aliphatic carbocycles. The van der Waals surface area contributed by atoms with Gasteiger partial charge in [0.25, 0.3) is 5.79 Å². The van der Waals surface area contributed by atoms with Gasteiger partial charge in [-0.1, -0.05) is 13.3 Å². The van der Waals surface area contributed by atoms with Gasteiger partial charge in [0.15, 0.2) is 0 Å². The largest absolute Gasteiger partial charge is 0.481 e. The van der Waals surface area contributed by atoms with Crippen molar-refractivity contribution in [3.63, 3.8) is 0 Å². The van der Waals surface area contributed by atoms with Crippen LogP contribution in [0.4, 0.5) is 0 Å². The van der Waals surface area contributed by atoms with Crippen molar-refractivity contribution in [1.82, 2.24) is 0 Å². The lowest BCUT2D eigenvalue weighted by Crippen LogP contribution is -2.40. The zero-order valence-electron chi connectivity index (χ0n) is 10.5. The lowest BCUT2D eigenvalue weighted by atomic mass is 10.0. The molecule has 8 nitrogen and oxygen atoms in total. The highest BCUT2D eigenvalue weighted by Crippen LogP contribution is 2.14. The highest BCUT2D eigenvalue weighted by Gasteiger charge is 2.34. The van der Waals surface area contributed by atoms with Gasteiger partial charge in [-0.15, -0.1) is 0 Å². The molecule has 0 aromatic heterocycles. The first-order valence-electron chi connectivity index (χ1n) is 5.74. The van der Waals surface area contributed by atoms with E-state index in [4.69, 9.17) is 10.2 Å². The first-order valence-corrected chi connectivity index (χ1v) is 5.74. The third-order valence-corrected chi connectivity index (χ3v) is 2.30. The Bertz CT molecular complexity index is 320. The second-order valence-electron chi connectivity index (χ2n) is 4.23. The van der Waals surface area contributed by atoms with Gasteiger partial charge in [-0.3, -0.25) is 9.59 Å². The Morgan fingerprint density at radius 1 is 1.11 bits per heavy atom. The zero-order valence-corrected chi connectivity index (χ0v) is 10.5. The predicted octanol–water partition coefficient (Wildman–Crippen LogP) is -0.424. The molecule has 0 aliphatic heterocycles. The van der Waals surface area contributed by atoms with Crippen LogP contribution in [0.1, 0.15) is 32.6 Å². The second kappa shape index (κ2) is 7.70. The fourth-order valence-electron chi connectivity index (χ4n) is 1.44. The number of hydrogen-bond donors (Lipinski definition) is 4. The van der Waals surface area contributed by atoms with E-state index in [1.165, 1.54) is 0 Å². The van der Waals surface area contributed by atoms with Gasteiger partial charge in [0.2, 0.25) is 0 Å². The molecule has 0 bridgehead atoms. The van der Waals surface area contributed by atoms with Gasteiger partial charge in [0.1, 0.15) is 0 Å². The number of carboxylic acid groups (broad SMARTS) is 2. The molecule has 0 amide bonds. The number of ether oxygens (including phenoxy) is 1. The third kappa shape index (κ3) is 7.37. The molecule has 0 saturated carbocycles. The maximum absolute atomic E-state index is 11.3. The highest BCUT2D eigenvalue weighted by molar-refractivity contribution is 5.77. The van der Waals surface area contributed by atoms with E-state index in [-0.39, 0.29) is 6.42 Å². The fraction of sp³-hybridized carbons (Fsp3) is 0.727. The van der Waals surface area contributed by atoms with Crippen LogP contribution in [-0.2, 0) is 19.1 Å². The molecule has 110 valence electrons. The number of carbonyl (C=O) groups excluding carboxylic acids is 1. The van der Waals surface area contributed by atoms with E-state index in [2.05, 4.69) is 4.74 Å². The number of esters is 1. The van der Waals surface area contributed by atoms with Gasteiger partial charge in [-0.05, 0) is 0 Å². The van der Waals surface area contributed by atoms with Gasteiger partial charge in [-0.25, -0.2) is 4.79 Å². The summed E-state index contributed by atoms with van der Waals surface area (Å²) >= 11 is 0. The fourth-order valence-corrected chi connectivity index (χ4v) is 1.44. The Balaban J connectivity index is 4.41. The molecule has 0 aliphatic rings. The van der Waals surface area contributed by atoms with Crippen molar-refractivity contribution in [3.8, 4) is 0 Å². The topological polar surface area (TPSA) is 141 Å². The average molecular weight is 278 g/mol. The smallest absolute Gasteiger partial charge is 0.366 e. The quantitative estimate of drug-likeness (QED) is 0.329. The molecule has 4 N–H and O–H groups in total. The van der Waals surface area contributed by atoms with Crippen molar-refractivity contribution in [2.75, 3.05) is 6.61 Å². The van der Waals surface area contributed by atoms with Crippen molar-refractivity contribution in [2.45, 2.75) is 38.4 Å². The third-order valence-electron chi connectivity index (χ3n) is 2.30. The molecule has 19 heavy (non-hydrogen) atoms. The summed E-state index contributed by atoms with van der Waals surface area (Å²) in [5.41, 5.74) is 0. The Morgan fingerprint density at radius 2 is 1.58 bits per heavy atom. The van der Waals surface area contributed by atoms with Crippen LogP contribution in [0.5, 0.6) is 0 Å². The summed E-state index contributed by atoms with van der Waals surface area (Å²) < 4.78 is 4.56. The molecule has 0 rings (SSSR count). The summed E-state index contributed by atoms with van der Waals surface area (Å²) in [7, 11) is 0. The first kappa shape index (κ1) is 17.3. The summed E-state index contributed by atoms with van der Waals surface area (Å²) in [5, 5.41) is 35.8. The number of rotatable bonds is 9. The van der Waals surface area contributed by atoms with E-state index in [1.54, 1.807) is 6.92 Å². The monoisotopic (exact) mass is 278 g/mol. The minimum atomic E-state index is -2.63. The molecule has 0 saturated heterocycles. The van der Waals surface area contributed by atoms with Crippen LogP contribution >= 0.6 is 0 Å². The summed E-state index contributed by atoms with van der Waals surface area (Å²) in [4.78, 5) is 32.3. The van der Waals surface area contributed by atoms with Gasteiger partial charge >= 0.3 is 17.9 Å².